The number of hydrogen-bond donors (Lipinski definition) is 0. The van der Waals surface area contributed by atoms with Gasteiger partial charge in [-0.2, -0.15) is 11.8 Å². The second kappa shape index (κ2) is 4.44. The summed E-state index contributed by atoms with van der Waals surface area (Å²) in [6.07, 6.45) is 4.14. The number of aromatic nitrogens is 3. The van der Waals surface area contributed by atoms with Crippen LogP contribution in [0.3, 0.4) is 0 Å². The largest absolute Gasteiger partial charge is 0.293 e. The number of hydrogen-bond acceptors (Lipinski definition) is 4. The molecule has 2 atom stereocenters. The molecule has 5 heteroatoms. The van der Waals surface area contributed by atoms with Crippen molar-refractivity contribution < 1.29 is 4.79 Å². The van der Waals surface area contributed by atoms with E-state index in [1.807, 2.05) is 16.4 Å². The highest BCUT2D eigenvalue weighted by Crippen LogP contribution is 2.45. The van der Waals surface area contributed by atoms with Gasteiger partial charge in [-0.1, -0.05) is 26.0 Å². The van der Waals surface area contributed by atoms with Crippen LogP contribution in [0.5, 0.6) is 0 Å². The predicted octanol–water partition coefficient (Wildman–Crippen LogP) is 2.72. The highest BCUT2D eigenvalue weighted by Gasteiger charge is 2.36. The molecule has 17 heavy (non-hydrogen) atoms. The van der Waals surface area contributed by atoms with Crippen molar-refractivity contribution in [1.29, 1.82) is 0 Å². The predicted molar refractivity (Wildman–Crippen MR) is 69.4 cm³/mol. The number of thioether (sulfide) groups is 1. The third-order valence-electron chi connectivity index (χ3n) is 2.89. The lowest BCUT2D eigenvalue weighted by Crippen LogP contribution is -2.34. The normalized spacial score (nSPS) is 24.5. The van der Waals surface area contributed by atoms with Crippen LogP contribution >= 0.6 is 11.8 Å². The number of Topliss-reactive ketones (excluding diaryl/α,β-unsaturated/α-hetero) is 1. The molecule has 0 spiro atoms. The Kier molecular flexibility index (Phi) is 3.30. The van der Waals surface area contributed by atoms with Crippen molar-refractivity contribution >= 4 is 17.5 Å². The van der Waals surface area contributed by atoms with Crippen molar-refractivity contribution in [3.63, 3.8) is 0 Å². The smallest absolute Gasteiger partial charge is 0.181 e. The summed E-state index contributed by atoms with van der Waals surface area (Å²) >= 11 is 1.99. The molecule has 0 bridgehead atoms. The maximum absolute atomic E-state index is 11.2. The number of nitrogens with zero attached hydrogens (tertiary/aromatic N) is 3. The lowest BCUT2D eigenvalue weighted by Gasteiger charge is -2.39. The Morgan fingerprint density at radius 1 is 1.47 bits per heavy atom. The van der Waals surface area contributed by atoms with Crippen molar-refractivity contribution in [3.8, 4) is 0 Å². The zero-order valence-electron chi connectivity index (χ0n) is 10.8. The molecule has 2 rings (SSSR count). The van der Waals surface area contributed by atoms with E-state index >= 15 is 0 Å². The molecule has 0 amide bonds. The van der Waals surface area contributed by atoms with E-state index in [0.717, 1.165) is 6.42 Å². The van der Waals surface area contributed by atoms with E-state index < -0.39 is 0 Å². The average molecular weight is 253 g/mol. The molecule has 0 aromatic carbocycles. The van der Waals surface area contributed by atoms with Crippen LogP contribution in [-0.4, -0.2) is 30.8 Å². The third-order valence-corrected chi connectivity index (χ3v) is 4.45. The first-order valence-electron chi connectivity index (χ1n) is 5.97. The summed E-state index contributed by atoms with van der Waals surface area (Å²) in [7, 11) is 0. The van der Waals surface area contributed by atoms with Gasteiger partial charge in [0.25, 0.3) is 0 Å². The van der Waals surface area contributed by atoms with Crippen LogP contribution in [0, 0.1) is 0 Å². The number of rotatable bonds is 3. The van der Waals surface area contributed by atoms with E-state index in [9.17, 15) is 4.79 Å². The Morgan fingerprint density at radius 2 is 2.18 bits per heavy atom. The van der Waals surface area contributed by atoms with Gasteiger partial charge in [-0.25, -0.2) is 4.68 Å². The van der Waals surface area contributed by atoms with E-state index in [2.05, 4.69) is 31.1 Å². The lowest BCUT2D eigenvalue weighted by atomic mass is 9.92. The highest BCUT2D eigenvalue weighted by atomic mass is 32.2. The maximum Gasteiger partial charge on any atom is 0.181 e. The SMILES string of the molecule is CC(=O)c1cn(C2CCC2SC(C)(C)C)nn1. The van der Waals surface area contributed by atoms with Gasteiger partial charge in [-0.15, -0.1) is 5.10 Å². The lowest BCUT2D eigenvalue weighted by molar-refractivity contribution is 0.101. The Hall–Kier alpha value is -0.840. The molecule has 1 aromatic heterocycles. The molecule has 0 N–H and O–H groups in total. The molecule has 94 valence electrons. The minimum Gasteiger partial charge on any atom is -0.293 e. The second-order valence-electron chi connectivity index (χ2n) is 5.55. The van der Waals surface area contributed by atoms with Crippen molar-refractivity contribution in [2.24, 2.45) is 0 Å². The van der Waals surface area contributed by atoms with Crippen LogP contribution in [-0.2, 0) is 0 Å². The zero-order chi connectivity index (χ0) is 12.6. The Bertz CT molecular complexity index is 422. The first-order valence-corrected chi connectivity index (χ1v) is 6.85. The fourth-order valence-electron chi connectivity index (χ4n) is 1.95. The Balaban J connectivity index is 2.05. The van der Waals surface area contributed by atoms with Gasteiger partial charge in [0.05, 0.1) is 12.2 Å². The molecule has 1 fully saturated rings. The summed E-state index contributed by atoms with van der Waals surface area (Å²) in [5.41, 5.74) is 0.469. The molecule has 1 heterocycles. The van der Waals surface area contributed by atoms with Crippen molar-refractivity contribution in [1.82, 2.24) is 15.0 Å². The zero-order valence-corrected chi connectivity index (χ0v) is 11.6. The van der Waals surface area contributed by atoms with Crippen LogP contribution in [0.1, 0.15) is 57.1 Å². The number of carbonyl (C=O) groups excluding carboxylic acids is 1. The van der Waals surface area contributed by atoms with Gasteiger partial charge >= 0.3 is 0 Å². The van der Waals surface area contributed by atoms with E-state index in [1.165, 1.54) is 13.3 Å². The van der Waals surface area contributed by atoms with Crippen molar-refractivity contribution in [2.45, 2.75) is 56.6 Å². The quantitative estimate of drug-likeness (QED) is 0.777. The minimum absolute atomic E-state index is 0.0180. The van der Waals surface area contributed by atoms with E-state index in [-0.39, 0.29) is 10.5 Å². The number of ketones is 1. The van der Waals surface area contributed by atoms with E-state index in [1.54, 1.807) is 6.20 Å². The Labute approximate surface area is 106 Å². The molecule has 1 aliphatic rings. The van der Waals surface area contributed by atoms with Crippen molar-refractivity contribution in [3.05, 3.63) is 11.9 Å². The van der Waals surface area contributed by atoms with E-state index in [0.29, 0.717) is 17.0 Å². The van der Waals surface area contributed by atoms with Gasteiger partial charge in [-0.05, 0) is 12.8 Å². The van der Waals surface area contributed by atoms with Crippen molar-refractivity contribution in [2.75, 3.05) is 0 Å². The average Bonchev–Trinajstić information content (AvgIpc) is 2.60. The van der Waals surface area contributed by atoms with Gasteiger partial charge in [-0.3, -0.25) is 4.79 Å². The topological polar surface area (TPSA) is 47.8 Å². The van der Waals surface area contributed by atoms with Crippen LogP contribution in [0.15, 0.2) is 6.20 Å². The van der Waals surface area contributed by atoms with Gasteiger partial charge in [0.15, 0.2) is 5.78 Å². The summed E-state index contributed by atoms with van der Waals surface area (Å²) in [6.45, 7) is 8.22. The molecular weight excluding hydrogens is 234 g/mol. The molecule has 2 unspecified atom stereocenters. The minimum atomic E-state index is -0.0180. The molecule has 0 radical (unpaired) electrons. The monoisotopic (exact) mass is 253 g/mol. The fourth-order valence-corrected chi connectivity index (χ4v) is 3.53. The molecule has 1 aliphatic carbocycles. The van der Waals surface area contributed by atoms with Crippen LogP contribution < -0.4 is 0 Å². The van der Waals surface area contributed by atoms with Gasteiger partial charge in [0.2, 0.25) is 0 Å². The second-order valence-corrected chi connectivity index (χ2v) is 7.62. The third kappa shape index (κ3) is 2.89. The van der Waals surface area contributed by atoms with Crippen LogP contribution in [0.2, 0.25) is 0 Å². The first-order chi connectivity index (χ1) is 7.87. The molecule has 0 saturated heterocycles. The van der Waals surface area contributed by atoms with Crippen LogP contribution in [0.25, 0.3) is 0 Å². The summed E-state index contributed by atoms with van der Waals surface area (Å²) < 4.78 is 2.14. The standard InChI is InChI=1S/C12H19N3OS/c1-8(16)9-7-15(14-13-9)10-5-6-11(10)17-12(2,3)4/h7,10-11H,5-6H2,1-4H3. The first kappa shape index (κ1) is 12.6. The molecular formula is C12H19N3OS. The van der Waals surface area contributed by atoms with E-state index in [4.69, 9.17) is 0 Å². The summed E-state index contributed by atoms with van der Waals surface area (Å²) in [6, 6.07) is 0.403. The molecule has 0 aliphatic heterocycles. The number of carbonyl (C=O) groups is 1. The van der Waals surface area contributed by atoms with Gasteiger partial charge < -0.3 is 0 Å². The Morgan fingerprint density at radius 3 is 2.59 bits per heavy atom. The molecule has 1 aromatic rings. The van der Waals surface area contributed by atoms with Gasteiger partial charge in [0, 0.05) is 16.9 Å². The summed E-state index contributed by atoms with van der Waals surface area (Å²) in [5, 5.41) is 8.57. The fraction of sp³-hybridized carbons (Fsp3) is 0.750. The summed E-state index contributed by atoms with van der Waals surface area (Å²) in [4.78, 5) is 11.2. The van der Waals surface area contributed by atoms with Gasteiger partial charge in [0.1, 0.15) is 5.69 Å². The summed E-state index contributed by atoms with van der Waals surface area (Å²) in [5.74, 6) is -0.0180. The van der Waals surface area contributed by atoms with Crippen LogP contribution in [0.4, 0.5) is 0 Å². The maximum atomic E-state index is 11.2. The highest BCUT2D eigenvalue weighted by molar-refractivity contribution is 8.01. The molecule has 4 nitrogen and oxygen atoms in total. The molecule has 1 saturated carbocycles.